The molecule has 116 valence electrons. The Bertz CT molecular complexity index is 501. The Morgan fingerprint density at radius 1 is 1.38 bits per heavy atom. The van der Waals surface area contributed by atoms with Gasteiger partial charge in [-0.25, -0.2) is 0 Å². The minimum atomic E-state index is -4.52. The summed E-state index contributed by atoms with van der Waals surface area (Å²) in [4.78, 5) is 12.0. The zero-order valence-electron chi connectivity index (χ0n) is 11.6. The van der Waals surface area contributed by atoms with E-state index in [1.54, 1.807) is 7.05 Å². The van der Waals surface area contributed by atoms with E-state index >= 15 is 0 Å². The summed E-state index contributed by atoms with van der Waals surface area (Å²) in [6.45, 7) is 4.36. The predicted molar refractivity (Wildman–Crippen MR) is 73.4 cm³/mol. The number of halogens is 3. The highest BCUT2D eigenvalue weighted by molar-refractivity contribution is 5.97. The molecule has 21 heavy (non-hydrogen) atoms. The quantitative estimate of drug-likeness (QED) is 0.600. The van der Waals surface area contributed by atoms with Crippen molar-refractivity contribution in [1.29, 1.82) is 0 Å². The fraction of sp³-hybridized carbons (Fsp3) is 0.357. The smallest absolute Gasteiger partial charge is 0.416 e. The Balaban J connectivity index is 3.03. The number of ether oxygens (including phenoxy) is 1. The van der Waals surface area contributed by atoms with E-state index in [2.05, 4.69) is 17.2 Å². The van der Waals surface area contributed by atoms with Crippen LogP contribution in [-0.2, 0) is 6.18 Å². The first-order chi connectivity index (χ1) is 9.90. The summed E-state index contributed by atoms with van der Waals surface area (Å²) in [6.07, 6.45) is -3.07. The number of carbonyl (C=O) groups excluding carboxylic acids is 1. The lowest BCUT2D eigenvalue weighted by Gasteiger charge is -2.14. The van der Waals surface area contributed by atoms with E-state index in [0.717, 1.165) is 18.2 Å². The van der Waals surface area contributed by atoms with Crippen molar-refractivity contribution in [3.63, 3.8) is 0 Å². The molecule has 0 unspecified atom stereocenters. The molecule has 0 saturated carbocycles. The van der Waals surface area contributed by atoms with Crippen LogP contribution in [0.15, 0.2) is 30.9 Å². The Morgan fingerprint density at radius 2 is 2.10 bits per heavy atom. The maximum Gasteiger partial charge on any atom is 0.416 e. The third-order valence-electron chi connectivity index (χ3n) is 2.57. The molecule has 4 nitrogen and oxygen atoms in total. The second kappa shape index (κ2) is 7.68. The second-order valence-corrected chi connectivity index (χ2v) is 4.17. The average molecular weight is 302 g/mol. The number of alkyl halides is 3. The highest BCUT2D eigenvalue weighted by atomic mass is 19.4. The Kier molecular flexibility index (Phi) is 6.23. The van der Waals surface area contributed by atoms with Crippen molar-refractivity contribution in [1.82, 2.24) is 10.6 Å². The molecule has 0 aromatic heterocycles. The number of nitrogens with one attached hydrogen (secondary N) is 2. The van der Waals surface area contributed by atoms with Crippen molar-refractivity contribution >= 4 is 5.91 Å². The number of amides is 1. The standard InChI is InChI=1S/C14H17F3N2O2/c1-3-8-21-12-5-4-10(14(15,16)17)9-11(12)13(20)19-7-6-18-2/h3-5,9,18H,1,6-8H2,2H3,(H,19,20). The first-order valence-electron chi connectivity index (χ1n) is 6.28. The van der Waals surface area contributed by atoms with Crippen LogP contribution in [0, 0.1) is 0 Å². The van der Waals surface area contributed by atoms with Crippen LogP contribution in [0.1, 0.15) is 15.9 Å². The highest BCUT2D eigenvalue weighted by Crippen LogP contribution is 2.32. The number of benzene rings is 1. The van der Waals surface area contributed by atoms with Gasteiger partial charge in [-0.2, -0.15) is 13.2 Å². The van der Waals surface area contributed by atoms with Crippen LogP contribution < -0.4 is 15.4 Å². The van der Waals surface area contributed by atoms with Gasteiger partial charge in [0.25, 0.3) is 5.91 Å². The first-order valence-corrected chi connectivity index (χ1v) is 6.28. The van der Waals surface area contributed by atoms with E-state index in [0.29, 0.717) is 13.1 Å². The Labute approximate surface area is 121 Å². The molecule has 1 amide bonds. The zero-order chi connectivity index (χ0) is 15.9. The van der Waals surface area contributed by atoms with E-state index in [1.165, 1.54) is 6.08 Å². The summed E-state index contributed by atoms with van der Waals surface area (Å²) in [5, 5.41) is 5.34. The van der Waals surface area contributed by atoms with Gasteiger partial charge in [-0.05, 0) is 25.2 Å². The van der Waals surface area contributed by atoms with Crippen LogP contribution >= 0.6 is 0 Å². The molecule has 0 bridgehead atoms. The van der Waals surface area contributed by atoms with Gasteiger partial charge < -0.3 is 15.4 Å². The summed E-state index contributed by atoms with van der Waals surface area (Å²) >= 11 is 0. The van der Waals surface area contributed by atoms with E-state index in [9.17, 15) is 18.0 Å². The molecule has 1 aromatic rings. The third kappa shape index (κ3) is 5.11. The van der Waals surface area contributed by atoms with Crippen molar-refractivity contribution in [3.8, 4) is 5.75 Å². The number of rotatable bonds is 7. The molecule has 0 spiro atoms. The van der Waals surface area contributed by atoms with Crippen molar-refractivity contribution in [2.45, 2.75) is 6.18 Å². The minimum Gasteiger partial charge on any atom is -0.489 e. The Hall–Kier alpha value is -2.02. The van der Waals surface area contributed by atoms with E-state index in [-0.39, 0.29) is 17.9 Å². The fourth-order valence-corrected chi connectivity index (χ4v) is 1.55. The highest BCUT2D eigenvalue weighted by Gasteiger charge is 2.32. The summed E-state index contributed by atoms with van der Waals surface area (Å²) in [5.41, 5.74) is -1.05. The van der Waals surface area contributed by atoms with Crippen molar-refractivity contribution in [2.24, 2.45) is 0 Å². The second-order valence-electron chi connectivity index (χ2n) is 4.17. The molecule has 0 fully saturated rings. The van der Waals surface area contributed by atoms with Crippen LogP contribution in [0.5, 0.6) is 5.75 Å². The molecular weight excluding hydrogens is 285 g/mol. The number of hydrogen-bond donors (Lipinski definition) is 2. The molecule has 7 heteroatoms. The van der Waals surface area contributed by atoms with Crippen LogP contribution in [0.4, 0.5) is 13.2 Å². The topological polar surface area (TPSA) is 50.4 Å². The van der Waals surface area contributed by atoms with Gasteiger partial charge in [0.2, 0.25) is 0 Å². The third-order valence-corrected chi connectivity index (χ3v) is 2.57. The summed E-state index contributed by atoms with van der Waals surface area (Å²) in [7, 11) is 1.70. The van der Waals surface area contributed by atoms with Crippen LogP contribution in [0.2, 0.25) is 0 Å². The van der Waals surface area contributed by atoms with Gasteiger partial charge in [0.1, 0.15) is 12.4 Å². The lowest BCUT2D eigenvalue weighted by Crippen LogP contribution is -2.31. The molecule has 0 saturated heterocycles. The van der Waals surface area contributed by atoms with Crippen molar-refractivity contribution in [3.05, 3.63) is 42.0 Å². The lowest BCUT2D eigenvalue weighted by atomic mass is 10.1. The molecular formula is C14H17F3N2O2. The monoisotopic (exact) mass is 302 g/mol. The number of likely N-dealkylation sites (N-methyl/N-ethyl adjacent to an activating group) is 1. The lowest BCUT2D eigenvalue weighted by molar-refractivity contribution is -0.137. The first kappa shape index (κ1) is 17.0. The largest absolute Gasteiger partial charge is 0.489 e. The van der Waals surface area contributed by atoms with Gasteiger partial charge in [-0.3, -0.25) is 4.79 Å². The summed E-state index contributed by atoms with van der Waals surface area (Å²) in [5.74, 6) is -0.528. The predicted octanol–water partition coefficient (Wildman–Crippen LogP) is 2.22. The average Bonchev–Trinajstić information content (AvgIpc) is 2.44. The van der Waals surface area contributed by atoms with Gasteiger partial charge in [0, 0.05) is 13.1 Å². The molecule has 1 aromatic carbocycles. The van der Waals surface area contributed by atoms with Crippen LogP contribution in [-0.4, -0.2) is 32.7 Å². The SMILES string of the molecule is C=CCOc1ccc(C(F)(F)F)cc1C(=O)NCCNC. The molecule has 0 aliphatic heterocycles. The number of hydrogen-bond acceptors (Lipinski definition) is 3. The van der Waals surface area contributed by atoms with Gasteiger partial charge in [0.15, 0.2) is 0 Å². The van der Waals surface area contributed by atoms with Gasteiger partial charge in [0.05, 0.1) is 11.1 Å². The van der Waals surface area contributed by atoms with Crippen LogP contribution in [0.25, 0.3) is 0 Å². The van der Waals surface area contributed by atoms with E-state index in [4.69, 9.17) is 4.74 Å². The molecule has 1 rings (SSSR count). The molecule has 0 aliphatic carbocycles. The van der Waals surface area contributed by atoms with Gasteiger partial charge in [-0.15, -0.1) is 0 Å². The van der Waals surface area contributed by atoms with Crippen molar-refractivity contribution in [2.75, 3.05) is 26.7 Å². The molecule has 0 aliphatic rings. The van der Waals surface area contributed by atoms with Crippen LogP contribution in [0.3, 0.4) is 0 Å². The van der Waals surface area contributed by atoms with Crippen molar-refractivity contribution < 1.29 is 22.7 Å². The summed E-state index contributed by atoms with van der Waals surface area (Å²) in [6, 6.07) is 2.80. The number of carbonyl (C=O) groups is 1. The minimum absolute atomic E-state index is 0.0878. The van der Waals surface area contributed by atoms with Gasteiger partial charge >= 0.3 is 6.18 Å². The fourth-order valence-electron chi connectivity index (χ4n) is 1.55. The molecule has 0 heterocycles. The van der Waals surface area contributed by atoms with E-state index in [1.807, 2.05) is 0 Å². The maximum atomic E-state index is 12.7. The molecule has 0 radical (unpaired) electrons. The van der Waals surface area contributed by atoms with E-state index < -0.39 is 17.6 Å². The zero-order valence-corrected chi connectivity index (χ0v) is 11.6. The summed E-state index contributed by atoms with van der Waals surface area (Å²) < 4.78 is 43.4. The Morgan fingerprint density at radius 3 is 2.67 bits per heavy atom. The normalized spacial score (nSPS) is 11.0. The molecule has 2 N–H and O–H groups in total. The molecule has 0 atom stereocenters. The maximum absolute atomic E-state index is 12.7. The van der Waals surface area contributed by atoms with Gasteiger partial charge in [-0.1, -0.05) is 12.7 Å².